The van der Waals surface area contributed by atoms with Crippen LogP contribution < -0.4 is 0 Å². The average molecular weight is 304 g/mol. The van der Waals surface area contributed by atoms with Gasteiger partial charge in [-0.25, -0.2) is 0 Å². The monoisotopic (exact) mass is 304 g/mol. The summed E-state index contributed by atoms with van der Waals surface area (Å²) in [6.45, 7) is 5.40. The Kier molecular flexibility index (Phi) is 5.55. The topological polar surface area (TPSA) is 64.4 Å². The molecular weight excluding hydrogens is 280 g/mol. The number of rotatable bonds is 8. The lowest BCUT2D eigenvalue weighted by Crippen LogP contribution is -2.22. The van der Waals surface area contributed by atoms with Gasteiger partial charge in [-0.2, -0.15) is 5.10 Å². The molecule has 0 radical (unpaired) electrons. The molecule has 0 aliphatic rings. The van der Waals surface area contributed by atoms with Crippen LogP contribution >= 0.6 is 0 Å². The molecule has 1 aromatic heterocycles. The van der Waals surface area contributed by atoms with Crippen molar-refractivity contribution in [1.82, 2.24) is 9.78 Å². The maximum atomic E-state index is 11.4. The van der Waals surface area contributed by atoms with E-state index in [4.69, 9.17) is 4.74 Å². The number of methoxy groups -OCH3 is 1. The zero-order chi connectivity index (χ0) is 16.1. The lowest BCUT2D eigenvalue weighted by atomic mass is 9.89. The van der Waals surface area contributed by atoms with E-state index in [1.54, 1.807) is 7.11 Å². The smallest absolute Gasteiger partial charge is 0.307 e. The number of hydrogen-bond acceptors (Lipinski definition) is 3. The molecule has 5 heteroatoms. The van der Waals surface area contributed by atoms with Gasteiger partial charge in [-0.05, 0) is 30.4 Å². The van der Waals surface area contributed by atoms with Crippen LogP contribution in [0.15, 0.2) is 24.4 Å². The fourth-order valence-electron chi connectivity index (χ4n) is 2.64. The second-order valence-corrected chi connectivity index (χ2v) is 6.00. The Labute approximate surface area is 130 Å². The van der Waals surface area contributed by atoms with E-state index in [1.807, 2.05) is 36.9 Å². The number of aromatic nitrogens is 2. The third-order valence-electron chi connectivity index (χ3n) is 4.01. The van der Waals surface area contributed by atoms with Gasteiger partial charge in [0.2, 0.25) is 0 Å². The average Bonchev–Trinajstić information content (AvgIpc) is 2.87. The summed E-state index contributed by atoms with van der Waals surface area (Å²) in [5.41, 5.74) is 2.10. The SMILES string of the molecule is COCCCn1ncc2ccc(CC(C(=O)O)C(C)C)cc21. The molecule has 1 N–H and O–H groups in total. The van der Waals surface area contributed by atoms with Crippen molar-refractivity contribution in [2.75, 3.05) is 13.7 Å². The predicted octanol–water partition coefficient (Wildman–Crippen LogP) is 2.97. The largest absolute Gasteiger partial charge is 0.481 e. The summed E-state index contributed by atoms with van der Waals surface area (Å²) >= 11 is 0. The number of aryl methyl sites for hydroxylation is 1. The highest BCUT2D eigenvalue weighted by Crippen LogP contribution is 2.22. The van der Waals surface area contributed by atoms with Crippen LogP contribution in [0.3, 0.4) is 0 Å². The van der Waals surface area contributed by atoms with E-state index in [-0.39, 0.29) is 11.8 Å². The van der Waals surface area contributed by atoms with Gasteiger partial charge in [0.1, 0.15) is 0 Å². The Morgan fingerprint density at radius 3 is 2.82 bits per heavy atom. The first kappa shape index (κ1) is 16.5. The maximum Gasteiger partial charge on any atom is 0.307 e. The van der Waals surface area contributed by atoms with Gasteiger partial charge in [-0.15, -0.1) is 0 Å². The quantitative estimate of drug-likeness (QED) is 0.762. The molecule has 0 bridgehead atoms. The van der Waals surface area contributed by atoms with Gasteiger partial charge >= 0.3 is 5.97 Å². The van der Waals surface area contributed by atoms with Crippen LogP contribution in [0.2, 0.25) is 0 Å². The second-order valence-electron chi connectivity index (χ2n) is 6.00. The zero-order valence-electron chi connectivity index (χ0n) is 13.5. The molecule has 1 unspecified atom stereocenters. The standard InChI is InChI=1S/C17H24N2O3/c1-12(2)15(17(20)21)9-13-5-6-14-11-18-19(16(14)10-13)7-4-8-22-3/h5-6,10-12,15H,4,7-9H2,1-3H3,(H,20,21). The molecule has 0 saturated heterocycles. The van der Waals surface area contributed by atoms with Crippen molar-refractivity contribution in [1.29, 1.82) is 0 Å². The lowest BCUT2D eigenvalue weighted by Gasteiger charge is -2.16. The Morgan fingerprint density at radius 2 is 2.18 bits per heavy atom. The van der Waals surface area contributed by atoms with Crippen LogP contribution in [-0.4, -0.2) is 34.6 Å². The lowest BCUT2D eigenvalue weighted by molar-refractivity contribution is -0.143. The highest BCUT2D eigenvalue weighted by Gasteiger charge is 2.22. The number of carboxylic acids is 1. The molecule has 2 rings (SSSR count). The molecule has 0 aliphatic heterocycles. The Morgan fingerprint density at radius 1 is 1.41 bits per heavy atom. The number of nitrogens with zero attached hydrogens (tertiary/aromatic N) is 2. The molecule has 1 aromatic carbocycles. The van der Waals surface area contributed by atoms with E-state index in [0.29, 0.717) is 13.0 Å². The number of ether oxygens (including phenoxy) is 1. The third kappa shape index (κ3) is 3.85. The number of carbonyl (C=O) groups is 1. The van der Waals surface area contributed by atoms with Gasteiger partial charge in [-0.1, -0.05) is 26.0 Å². The van der Waals surface area contributed by atoms with Gasteiger partial charge < -0.3 is 9.84 Å². The summed E-state index contributed by atoms with van der Waals surface area (Å²) in [5, 5.41) is 14.8. The molecular formula is C17H24N2O3. The normalized spacial score (nSPS) is 12.9. The molecule has 0 aliphatic carbocycles. The van der Waals surface area contributed by atoms with Gasteiger partial charge in [-0.3, -0.25) is 9.48 Å². The van der Waals surface area contributed by atoms with Gasteiger partial charge in [0, 0.05) is 25.6 Å². The number of fused-ring (bicyclic) bond motifs is 1. The number of hydrogen-bond donors (Lipinski definition) is 1. The van der Waals surface area contributed by atoms with Crippen LogP contribution in [-0.2, 0) is 22.5 Å². The van der Waals surface area contributed by atoms with Crippen molar-refractivity contribution in [3.8, 4) is 0 Å². The number of benzene rings is 1. The molecule has 120 valence electrons. The Balaban J connectivity index is 2.21. The van der Waals surface area contributed by atoms with Crippen LogP contribution in [0.4, 0.5) is 0 Å². The van der Waals surface area contributed by atoms with E-state index >= 15 is 0 Å². The van der Waals surface area contributed by atoms with Crippen LogP contribution in [0, 0.1) is 11.8 Å². The fourth-order valence-corrected chi connectivity index (χ4v) is 2.64. The summed E-state index contributed by atoms with van der Waals surface area (Å²) in [5.74, 6) is -0.981. The van der Waals surface area contributed by atoms with Crippen molar-refractivity contribution < 1.29 is 14.6 Å². The van der Waals surface area contributed by atoms with E-state index < -0.39 is 5.97 Å². The van der Waals surface area contributed by atoms with E-state index in [9.17, 15) is 9.90 Å². The van der Waals surface area contributed by atoms with Crippen molar-refractivity contribution in [3.05, 3.63) is 30.0 Å². The van der Waals surface area contributed by atoms with Crippen LogP contribution in [0.5, 0.6) is 0 Å². The summed E-state index contributed by atoms with van der Waals surface area (Å²) in [6.07, 6.45) is 3.30. The molecule has 22 heavy (non-hydrogen) atoms. The summed E-state index contributed by atoms with van der Waals surface area (Å²) in [7, 11) is 1.69. The second kappa shape index (κ2) is 7.40. The minimum absolute atomic E-state index is 0.111. The van der Waals surface area contributed by atoms with Crippen molar-refractivity contribution in [3.63, 3.8) is 0 Å². The highest BCUT2D eigenvalue weighted by molar-refractivity contribution is 5.79. The molecule has 1 atom stereocenters. The summed E-state index contributed by atoms with van der Waals surface area (Å²) in [4.78, 5) is 11.4. The van der Waals surface area contributed by atoms with E-state index in [1.165, 1.54) is 0 Å². The molecule has 1 heterocycles. The first-order chi connectivity index (χ1) is 10.5. The van der Waals surface area contributed by atoms with Crippen molar-refractivity contribution in [2.45, 2.75) is 33.2 Å². The molecule has 5 nitrogen and oxygen atoms in total. The third-order valence-corrected chi connectivity index (χ3v) is 4.01. The minimum atomic E-state index is -0.733. The van der Waals surface area contributed by atoms with Crippen molar-refractivity contribution in [2.24, 2.45) is 11.8 Å². The van der Waals surface area contributed by atoms with E-state index in [2.05, 4.69) is 11.2 Å². The molecule has 0 fully saturated rings. The minimum Gasteiger partial charge on any atom is -0.481 e. The first-order valence-corrected chi connectivity index (χ1v) is 7.69. The zero-order valence-corrected chi connectivity index (χ0v) is 13.5. The summed E-state index contributed by atoms with van der Waals surface area (Å²) in [6, 6.07) is 6.08. The first-order valence-electron chi connectivity index (χ1n) is 7.69. The van der Waals surface area contributed by atoms with E-state index in [0.717, 1.165) is 29.4 Å². The maximum absolute atomic E-state index is 11.4. The fraction of sp³-hybridized carbons (Fsp3) is 0.529. The van der Waals surface area contributed by atoms with Gasteiger partial charge in [0.25, 0.3) is 0 Å². The van der Waals surface area contributed by atoms with Gasteiger partial charge in [0.15, 0.2) is 0 Å². The summed E-state index contributed by atoms with van der Waals surface area (Å²) < 4.78 is 7.04. The Bertz CT molecular complexity index is 634. The van der Waals surface area contributed by atoms with Crippen LogP contribution in [0.25, 0.3) is 10.9 Å². The molecule has 0 amide bonds. The number of aliphatic carboxylic acids is 1. The molecule has 2 aromatic rings. The van der Waals surface area contributed by atoms with Crippen molar-refractivity contribution >= 4 is 16.9 Å². The molecule has 0 spiro atoms. The number of carboxylic acid groups (broad SMARTS) is 1. The van der Waals surface area contributed by atoms with Crippen LogP contribution in [0.1, 0.15) is 25.8 Å². The van der Waals surface area contributed by atoms with Gasteiger partial charge in [0.05, 0.1) is 17.6 Å². The Hall–Kier alpha value is -1.88. The highest BCUT2D eigenvalue weighted by atomic mass is 16.5. The predicted molar refractivity (Wildman–Crippen MR) is 85.9 cm³/mol. The molecule has 0 saturated carbocycles.